The number of nitrogens with two attached hydrogens (primary N) is 1. The molecule has 0 heterocycles. The molecule has 4 N–H and O–H groups in total. The number of phenolic OH excluding ortho intramolecular Hbond substituents is 1. The molecule has 12 heavy (non-hydrogen) atoms. The molecular formula is C9H13NO2. The molecular weight excluding hydrogens is 154 g/mol. The lowest BCUT2D eigenvalue weighted by atomic mass is 10.1. The maximum atomic E-state index is 9.19. The third-order valence-electron chi connectivity index (χ3n) is 1.85. The molecule has 0 aliphatic heterocycles. The molecule has 0 amide bonds. The minimum atomic E-state index is -0.357. The maximum absolute atomic E-state index is 9.19. The third-order valence-corrected chi connectivity index (χ3v) is 1.85. The minimum absolute atomic E-state index is 0.0792. The molecule has 0 bridgehead atoms. The fraction of sp³-hybridized carbons (Fsp3) is 0.333. The first-order chi connectivity index (χ1) is 5.65. The highest BCUT2D eigenvalue weighted by Crippen LogP contribution is 2.19. The van der Waals surface area contributed by atoms with Gasteiger partial charge >= 0.3 is 0 Å². The second-order valence-corrected chi connectivity index (χ2v) is 2.83. The number of rotatable bonds is 2. The minimum Gasteiger partial charge on any atom is -0.508 e. The Balaban J connectivity index is 2.96. The molecule has 3 nitrogen and oxygen atoms in total. The van der Waals surface area contributed by atoms with E-state index in [0.29, 0.717) is 0 Å². The summed E-state index contributed by atoms with van der Waals surface area (Å²) >= 11 is 0. The molecule has 0 aromatic heterocycles. The molecule has 0 aliphatic rings. The highest BCUT2D eigenvalue weighted by atomic mass is 16.3. The Labute approximate surface area is 71.5 Å². The number of aliphatic hydroxyl groups excluding tert-OH is 1. The van der Waals surface area contributed by atoms with Crippen LogP contribution in [0.4, 0.5) is 0 Å². The first-order valence-electron chi connectivity index (χ1n) is 3.81. The lowest BCUT2D eigenvalue weighted by molar-refractivity contribution is 0.268. The zero-order valence-corrected chi connectivity index (χ0v) is 6.99. The Morgan fingerprint density at radius 2 is 2.17 bits per heavy atom. The first-order valence-corrected chi connectivity index (χ1v) is 3.81. The van der Waals surface area contributed by atoms with Crippen molar-refractivity contribution in [3.63, 3.8) is 0 Å². The number of hydrogen-bond donors (Lipinski definition) is 3. The topological polar surface area (TPSA) is 66.5 Å². The van der Waals surface area contributed by atoms with Crippen molar-refractivity contribution in [2.24, 2.45) is 5.73 Å². The van der Waals surface area contributed by atoms with Crippen LogP contribution < -0.4 is 5.73 Å². The van der Waals surface area contributed by atoms with Crippen molar-refractivity contribution in [2.45, 2.75) is 13.0 Å². The Bertz CT molecular complexity index is 273. The van der Waals surface area contributed by atoms with Crippen LogP contribution in [0.25, 0.3) is 0 Å². The number of benzene rings is 1. The van der Waals surface area contributed by atoms with E-state index in [1.807, 2.05) is 0 Å². The highest BCUT2D eigenvalue weighted by molar-refractivity contribution is 5.36. The number of hydrogen-bond acceptors (Lipinski definition) is 3. The Morgan fingerprint density at radius 3 is 2.67 bits per heavy atom. The Morgan fingerprint density at radius 1 is 1.50 bits per heavy atom. The third kappa shape index (κ3) is 1.75. The van der Waals surface area contributed by atoms with Gasteiger partial charge in [-0.2, -0.15) is 0 Å². The molecule has 1 aromatic rings. The van der Waals surface area contributed by atoms with Crippen molar-refractivity contribution in [3.8, 4) is 5.75 Å². The molecule has 1 rings (SSSR count). The Kier molecular flexibility index (Phi) is 2.68. The molecule has 1 aromatic carbocycles. The number of phenols is 1. The Hall–Kier alpha value is -1.06. The van der Waals surface area contributed by atoms with Crippen molar-refractivity contribution >= 4 is 0 Å². The van der Waals surface area contributed by atoms with Gasteiger partial charge in [-0.25, -0.2) is 0 Å². The van der Waals surface area contributed by atoms with Crippen molar-refractivity contribution in [1.29, 1.82) is 0 Å². The molecule has 1 atom stereocenters. The zero-order valence-electron chi connectivity index (χ0n) is 6.99. The second-order valence-electron chi connectivity index (χ2n) is 2.83. The molecule has 0 aliphatic carbocycles. The largest absolute Gasteiger partial charge is 0.508 e. The monoisotopic (exact) mass is 167 g/mol. The van der Waals surface area contributed by atoms with Gasteiger partial charge in [-0.05, 0) is 24.1 Å². The molecule has 0 radical (unpaired) electrons. The van der Waals surface area contributed by atoms with Gasteiger partial charge in [0.25, 0.3) is 0 Å². The van der Waals surface area contributed by atoms with Gasteiger partial charge in [0.05, 0.1) is 12.6 Å². The van der Waals surface area contributed by atoms with E-state index in [4.69, 9.17) is 10.8 Å². The number of aromatic hydroxyl groups is 1. The van der Waals surface area contributed by atoms with Crippen LogP contribution in [0.15, 0.2) is 18.2 Å². The molecule has 0 unspecified atom stereocenters. The summed E-state index contributed by atoms with van der Waals surface area (Å²) in [7, 11) is 0. The van der Waals surface area contributed by atoms with Crippen molar-refractivity contribution in [3.05, 3.63) is 29.3 Å². The first kappa shape index (κ1) is 9.03. The van der Waals surface area contributed by atoms with Gasteiger partial charge < -0.3 is 15.9 Å². The van der Waals surface area contributed by atoms with E-state index in [0.717, 1.165) is 11.1 Å². The predicted octanol–water partition coefficient (Wildman–Crippen LogP) is 0.693. The molecule has 0 saturated carbocycles. The number of aryl methyl sites for hydroxylation is 1. The SMILES string of the molecule is Cc1cc([C@@H](N)CO)ccc1O. The van der Waals surface area contributed by atoms with E-state index in [2.05, 4.69) is 0 Å². The fourth-order valence-corrected chi connectivity index (χ4v) is 1.01. The standard InChI is InChI=1S/C9H13NO2/c1-6-4-7(8(10)5-11)2-3-9(6)12/h2-4,8,11-12H,5,10H2,1H3/t8-/m0/s1. The van der Waals surface area contributed by atoms with Crippen LogP contribution >= 0.6 is 0 Å². The quantitative estimate of drug-likeness (QED) is 0.607. The van der Waals surface area contributed by atoms with Gasteiger partial charge in [0.1, 0.15) is 5.75 Å². The molecule has 0 spiro atoms. The van der Waals surface area contributed by atoms with Crippen LogP contribution in [-0.4, -0.2) is 16.8 Å². The van der Waals surface area contributed by atoms with Gasteiger partial charge in [0.15, 0.2) is 0 Å². The van der Waals surface area contributed by atoms with Crippen molar-refractivity contribution in [2.75, 3.05) is 6.61 Å². The summed E-state index contributed by atoms with van der Waals surface area (Å²) in [6, 6.07) is 4.71. The van der Waals surface area contributed by atoms with E-state index in [1.165, 1.54) is 0 Å². The van der Waals surface area contributed by atoms with Gasteiger partial charge in [-0.1, -0.05) is 12.1 Å². The average molecular weight is 167 g/mol. The van der Waals surface area contributed by atoms with E-state index in [-0.39, 0.29) is 18.4 Å². The second kappa shape index (κ2) is 3.56. The summed E-state index contributed by atoms with van der Waals surface area (Å²) in [5.74, 6) is 0.254. The summed E-state index contributed by atoms with van der Waals surface area (Å²) in [4.78, 5) is 0. The van der Waals surface area contributed by atoms with E-state index in [9.17, 15) is 5.11 Å². The van der Waals surface area contributed by atoms with Crippen molar-refractivity contribution < 1.29 is 10.2 Å². The molecule has 0 fully saturated rings. The summed E-state index contributed by atoms with van der Waals surface area (Å²) < 4.78 is 0. The van der Waals surface area contributed by atoms with Gasteiger partial charge in [0.2, 0.25) is 0 Å². The highest BCUT2D eigenvalue weighted by Gasteiger charge is 2.05. The predicted molar refractivity (Wildman–Crippen MR) is 46.9 cm³/mol. The summed E-state index contributed by atoms with van der Waals surface area (Å²) in [5.41, 5.74) is 7.20. The zero-order chi connectivity index (χ0) is 9.14. The van der Waals surface area contributed by atoms with Crippen molar-refractivity contribution in [1.82, 2.24) is 0 Å². The van der Waals surface area contributed by atoms with Crippen LogP contribution in [0, 0.1) is 6.92 Å². The maximum Gasteiger partial charge on any atom is 0.118 e. The smallest absolute Gasteiger partial charge is 0.118 e. The van der Waals surface area contributed by atoms with Crippen LogP contribution in [0.5, 0.6) is 5.75 Å². The van der Waals surface area contributed by atoms with Gasteiger partial charge in [-0.15, -0.1) is 0 Å². The molecule has 66 valence electrons. The summed E-state index contributed by atoms with van der Waals surface area (Å²) in [5, 5.41) is 18.0. The van der Waals surface area contributed by atoms with Gasteiger partial charge in [0, 0.05) is 0 Å². The van der Waals surface area contributed by atoms with E-state index in [1.54, 1.807) is 25.1 Å². The van der Waals surface area contributed by atoms with Crippen LogP contribution in [0.1, 0.15) is 17.2 Å². The molecule has 3 heteroatoms. The van der Waals surface area contributed by atoms with Crippen LogP contribution in [0.3, 0.4) is 0 Å². The van der Waals surface area contributed by atoms with E-state index < -0.39 is 0 Å². The summed E-state index contributed by atoms with van der Waals surface area (Å²) in [6.45, 7) is 1.72. The lowest BCUT2D eigenvalue weighted by Gasteiger charge is -2.09. The van der Waals surface area contributed by atoms with Crippen LogP contribution in [0.2, 0.25) is 0 Å². The fourth-order valence-electron chi connectivity index (χ4n) is 1.01. The normalized spacial score (nSPS) is 12.9. The molecule has 0 saturated heterocycles. The number of aliphatic hydroxyl groups is 1. The lowest BCUT2D eigenvalue weighted by Crippen LogP contribution is -2.14. The van der Waals surface area contributed by atoms with Gasteiger partial charge in [-0.3, -0.25) is 0 Å². The average Bonchev–Trinajstić information content (AvgIpc) is 2.08. The van der Waals surface area contributed by atoms with E-state index >= 15 is 0 Å². The summed E-state index contributed by atoms with van der Waals surface area (Å²) in [6.07, 6.45) is 0. The van der Waals surface area contributed by atoms with Crippen LogP contribution in [-0.2, 0) is 0 Å².